The van der Waals surface area contributed by atoms with Crippen molar-refractivity contribution < 1.29 is 14.3 Å². The number of hydrogen-bond acceptors (Lipinski definition) is 3. The first-order chi connectivity index (χ1) is 7.84. The number of carbonyl (C=O) groups is 1. The Balaban J connectivity index is 1.66. The van der Waals surface area contributed by atoms with Gasteiger partial charge in [-0.15, -0.1) is 0 Å². The normalized spacial score (nSPS) is 69.9. The fourth-order valence-electron chi connectivity index (χ4n) is 6.94. The van der Waals surface area contributed by atoms with Gasteiger partial charge in [0.05, 0.1) is 13.2 Å². The van der Waals surface area contributed by atoms with Gasteiger partial charge in [0.1, 0.15) is 5.78 Å². The highest BCUT2D eigenvalue weighted by Gasteiger charge is 2.89. The minimum atomic E-state index is -0.291. The summed E-state index contributed by atoms with van der Waals surface area (Å²) in [4.78, 5) is 12.3. The summed E-state index contributed by atoms with van der Waals surface area (Å²) in [7, 11) is 0. The van der Waals surface area contributed by atoms with E-state index in [9.17, 15) is 4.79 Å². The molecule has 0 radical (unpaired) electrons. The van der Waals surface area contributed by atoms with Gasteiger partial charge >= 0.3 is 0 Å². The first-order valence-electron chi connectivity index (χ1n) is 6.66. The number of fused-ring (bicyclic) bond motifs is 4. The van der Waals surface area contributed by atoms with E-state index >= 15 is 0 Å². The molecule has 5 saturated carbocycles. The van der Waals surface area contributed by atoms with E-state index < -0.39 is 0 Å². The maximum Gasteiger partial charge on any atom is 0.176 e. The van der Waals surface area contributed by atoms with E-state index in [4.69, 9.17) is 9.47 Å². The maximum atomic E-state index is 12.3. The van der Waals surface area contributed by atoms with Gasteiger partial charge in [0.2, 0.25) is 0 Å². The van der Waals surface area contributed by atoms with Crippen molar-refractivity contribution in [2.75, 3.05) is 13.2 Å². The molecule has 6 fully saturated rings. The van der Waals surface area contributed by atoms with Crippen LogP contribution < -0.4 is 0 Å². The summed E-state index contributed by atoms with van der Waals surface area (Å²) in [5.41, 5.74) is 0. The first-order valence-corrected chi connectivity index (χ1v) is 6.66. The van der Waals surface area contributed by atoms with Crippen LogP contribution in [0.3, 0.4) is 0 Å². The van der Waals surface area contributed by atoms with Crippen molar-refractivity contribution >= 4 is 5.78 Å². The molecule has 8 atom stereocenters. The van der Waals surface area contributed by atoms with E-state index in [-0.39, 0.29) is 5.79 Å². The molecule has 1 heterocycles. The predicted octanol–water partition coefficient (Wildman–Crippen LogP) is 0.686. The minimum absolute atomic E-state index is 0.291. The second kappa shape index (κ2) is 1.91. The summed E-state index contributed by atoms with van der Waals surface area (Å²) in [6.45, 7) is 1.49. The Labute approximate surface area is 93.5 Å². The van der Waals surface area contributed by atoms with E-state index in [1.54, 1.807) is 0 Å². The van der Waals surface area contributed by atoms with Gasteiger partial charge in [-0.3, -0.25) is 4.79 Å². The average Bonchev–Trinajstić information content (AvgIpc) is 2.87. The molecule has 5 aliphatic carbocycles. The van der Waals surface area contributed by atoms with Gasteiger partial charge in [-0.1, -0.05) is 0 Å². The van der Waals surface area contributed by atoms with E-state index in [0.717, 1.165) is 36.9 Å². The number of Topliss-reactive ketones (excluding diaryl/α,β-unsaturated/α-hetero) is 1. The first kappa shape index (κ1) is 7.83. The fourth-order valence-corrected chi connectivity index (χ4v) is 6.94. The summed E-state index contributed by atoms with van der Waals surface area (Å²) in [6.07, 6.45) is 1.30. The highest BCUT2D eigenvalue weighted by Crippen LogP contribution is 2.85. The molecule has 2 bridgehead atoms. The molecule has 84 valence electrons. The van der Waals surface area contributed by atoms with Crippen LogP contribution in [0.1, 0.15) is 6.42 Å². The summed E-state index contributed by atoms with van der Waals surface area (Å²) < 4.78 is 12.1. The van der Waals surface area contributed by atoms with Gasteiger partial charge in [0, 0.05) is 23.7 Å². The van der Waals surface area contributed by atoms with Crippen LogP contribution >= 0.6 is 0 Å². The van der Waals surface area contributed by atoms with E-state index in [1.165, 1.54) is 6.42 Å². The smallest absolute Gasteiger partial charge is 0.176 e. The number of hydrogen-bond donors (Lipinski definition) is 0. The third kappa shape index (κ3) is 0.458. The van der Waals surface area contributed by atoms with Crippen LogP contribution in [0.2, 0.25) is 0 Å². The molecule has 16 heavy (non-hydrogen) atoms. The topological polar surface area (TPSA) is 35.5 Å². The van der Waals surface area contributed by atoms with Crippen LogP contribution in [0.4, 0.5) is 0 Å². The number of carbonyl (C=O) groups excluding carboxylic acids is 1. The molecule has 2 unspecified atom stereocenters. The second-order valence-electron chi connectivity index (χ2n) is 6.64. The zero-order valence-electron chi connectivity index (χ0n) is 8.96. The lowest BCUT2D eigenvalue weighted by Gasteiger charge is -2.49. The SMILES string of the molecule is O=C1[C@@H]2[C@H]3C4C5C[C@H]3[C@H]1[C@@H]5C1(OCCO1)[C@@H]42. The summed E-state index contributed by atoms with van der Waals surface area (Å²) in [5.74, 6) is 4.88. The van der Waals surface area contributed by atoms with E-state index in [2.05, 4.69) is 0 Å². The molecule has 0 N–H and O–H groups in total. The number of ketones is 1. The minimum Gasteiger partial charge on any atom is -0.347 e. The van der Waals surface area contributed by atoms with Crippen molar-refractivity contribution in [3.8, 4) is 0 Å². The van der Waals surface area contributed by atoms with Crippen molar-refractivity contribution in [2.24, 2.45) is 47.3 Å². The standard InChI is InChI=1S/C13H14O3/c14-12-8-4-3-5-7-6(4)9(12)11(7)13(10(5)8)15-1-2-16-13/h4-11H,1-3H2/t4-,5?,6-,7?,8+,9-,10-,11+/m1/s1. The molecule has 0 aromatic heterocycles. The van der Waals surface area contributed by atoms with E-state index in [1.807, 2.05) is 0 Å². The molecule has 3 nitrogen and oxygen atoms in total. The largest absolute Gasteiger partial charge is 0.347 e. The van der Waals surface area contributed by atoms with Gasteiger partial charge in [0.15, 0.2) is 5.79 Å². The molecule has 0 amide bonds. The van der Waals surface area contributed by atoms with Crippen molar-refractivity contribution in [2.45, 2.75) is 12.2 Å². The van der Waals surface area contributed by atoms with Crippen LogP contribution in [-0.4, -0.2) is 24.8 Å². The van der Waals surface area contributed by atoms with Crippen LogP contribution in [0.5, 0.6) is 0 Å². The van der Waals surface area contributed by atoms with Crippen molar-refractivity contribution in [3.05, 3.63) is 0 Å². The molecule has 1 spiro atoms. The molecule has 1 saturated heterocycles. The van der Waals surface area contributed by atoms with Gasteiger partial charge in [-0.05, 0) is 30.1 Å². The lowest BCUT2D eigenvalue weighted by Crippen LogP contribution is -2.58. The summed E-state index contributed by atoms with van der Waals surface area (Å²) in [6, 6.07) is 0. The van der Waals surface area contributed by atoms with Crippen molar-refractivity contribution in [3.63, 3.8) is 0 Å². The van der Waals surface area contributed by atoms with Gasteiger partial charge in [-0.25, -0.2) is 0 Å². The molecule has 3 heteroatoms. The third-order valence-electron chi connectivity index (χ3n) is 6.83. The van der Waals surface area contributed by atoms with Crippen LogP contribution in [0.15, 0.2) is 0 Å². The molecule has 0 aromatic carbocycles. The zero-order chi connectivity index (χ0) is 10.2. The Morgan fingerprint density at radius 1 is 1.00 bits per heavy atom. The maximum absolute atomic E-state index is 12.3. The average molecular weight is 218 g/mol. The highest BCUT2D eigenvalue weighted by atomic mass is 16.7. The molecule has 6 rings (SSSR count). The summed E-state index contributed by atoms with van der Waals surface area (Å²) >= 11 is 0. The van der Waals surface area contributed by atoms with Gasteiger partial charge in [-0.2, -0.15) is 0 Å². The number of rotatable bonds is 0. The Morgan fingerprint density at radius 3 is 2.62 bits per heavy atom. The number of ether oxygens (including phenoxy) is 2. The summed E-state index contributed by atoms with van der Waals surface area (Å²) in [5, 5.41) is 0. The molecule has 0 aromatic rings. The quantitative estimate of drug-likeness (QED) is 0.600. The molecule has 1 aliphatic heterocycles. The molecule has 6 aliphatic rings. The molecular weight excluding hydrogens is 204 g/mol. The van der Waals surface area contributed by atoms with Crippen LogP contribution in [0, 0.1) is 47.3 Å². The van der Waals surface area contributed by atoms with Gasteiger partial charge < -0.3 is 9.47 Å². The Hall–Kier alpha value is -0.410. The lowest BCUT2D eigenvalue weighted by atomic mass is 9.58. The highest BCUT2D eigenvalue weighted by molar-refractivity contribution is 5.91. The monoisotopic (exact) mass is 218 g/mol. The zero-order valence-corrected chi connectivity index (χ0v) is 8.96. The second-order valence-corrected chi connectivity index (χ2v) is 6.64. The van der Waals surface area contributed by atoms with Crippen molar-refractivity contribution in [1.82, 2.24) is 0 Å². The van der Waals surface area contributed by atoms with Crippen LogP contribution in [-0.2, 0) is 14.3 Å². The Bertz CT molecular complexity index is 438. The predicted molar refractivity (Wildman–Crippen MR) is 52.2 cm³/mol. The van der Waals surface area contributed by atoms with E-state index in [0.29, 0.717) is 29.5 Å². The lowest BCUT2D eigenvalue weighted by molar-refractivity contribution is -0.252. The Morgan fingerprint density at radius 2 is 1.81 bits per heavy atom. The van der Waals surface area contributed by atoms with Crippen LogP contribution in [0.25, 0.3) is 0 Å². The Kier molecular flexibility index (Phi) is 0.933. The van der Waals surface area contributed by atoms with Gasteiger partial charge in [0.25, 0.3) is 0 Å². The van der Waals surface area contributed by atoms with Crippen molar-refractivity contribution in [1.29, 1.82) is 0 Å². The molecular formula is C13H14O3. The third-order valence-corrected chi connectivity index (χ3v) is 6.83. The fraction of sp³-hybridized carbons (Fsp3) is 0.923.